The largest absolute Gasteiger partial charge is 0.355 e. The highest BCUT2D eigenvalue weighted by Gasteiger charge is 2.22. The van der Waals surface area contributed by atoms with Crippen molar-refractivity contribution in [1.82, 2.24) is 4.98 Å². The second-order valence-electron chi connectivity index (χ2n) is 8.07. The number of fused-ring (bicyclic) bond motifs is 1. The van der Waals surface area contributed by atoms with E-state index in [1.807, 2.05) is 0 Å². The third-order valence-corrected chi connectivity index (χ3v) is 6.19. The maximum absolute atomic E-state index is 3.58. The number of rotatable bonds is 6. The van der Waals surface area contributed by atoms with Crippen LogP contribution in [0.2, 0.25) is 0 Å². The maximum Gasteiger partial charge on any atom is 0.0464 e. The van der Waals surface area contributed by atoms with E-state index in [2.05, 4.69) is 78.7 Å². The van der Waals surface area contributed by atoms with Gasteiger partial charge < -0.3 is 4.98 Å². The first kappa shape index (κ1) is 18.1. The Bertz CT molecular complexity index is 860. The summed E-state index contributed by atoms with van der Waals surface area (Å²) in [7, 11) is 0. The van der Waals surface area contributed by atoms with Gasteiger partial charge >= 0.3 is 0 Å². The molecule has 0 aliphatic heterocycles. The molecule has 1 fully saturated rings. The predicted octanol–water partition coefficient (Wildman–Crippen LogP) is 7.86. The molecule has 0 amide bonds. The van der Waals surface area contributed by atoms with Crippen LogP contribution in [0.25, 0.3) is 22.2 Å². The van der Waals surface area contributed by atoms with Crippen LogP contribution in [0.5, 0.6) is 0 Å². The Labute approximate surface area is 163 Å². The molecule has 2 aromatic carbocycles. The fourth-order valence-corrected chi connectivity index (χ4v) is 4.59. The van der Waals surface area contributed by atoms with Gasteiger partial charge in [-0.1, -0.05) is 55.5 Å². The van der Waals surface area contributed by atoms with Crippen molar-refractivity contribution >= 4 is 10.9 Å². The van der Waals surface area contributed by atoms with E-state index in [0.29, 0.717) is 0 Å². The summed E-state index contributed by atoms with van der Waals surface area (Å²) < 4.78 is 0. The van der Waals surface area contributed by atoms with Gasteiger partial charge in [0.2, 0.25) is 0 Å². The van der Waals surface area contributed by atoms with E-state index in [1.54, 1.807) is 0 Å². The topological polar surface area (TPSA) is 15.8 Å². The molecule has 1 heteroatoms. The van der Waals surface area contributed by atoms with Crippen molar-refractivity contribution in [3.8, 4) is 11.3 Å². The van der Waals surface area contributed by atoms with Gasteiger partial charge in [-0.05, 0) is 86.1 Å². The average molecular weight is 358 g/mol. The minimum absolute atomic E-state index is 0.733. The van der Waals surface area contributed by atoms with Crippen LogP contribution in [-0.4, -0.2) is 4.98 Å². The highest BCUT2D eigenvalue weighted by Crippen LogP contribution is 2.38. The summed E-state index contributed by atoms with van der Waals surface area (Å²) >= 11 is 0. The van der Waals surface area contributed by atoms with Gasteiger partial charge in [0, 0.05) is 16.6 Å². The standard InChI is InChI=1S/C26H31N/c1-2-3-4-5-9-20-14-16-21(17-15-20)22-11-8-12-23(18-22)26-19-24-10-6-7-13-25(24)27-26/h3-4,6-8,10-13,18-21,27H,2,5,9,14-17H2,1H3/b4-3-. The molecule has 1 saturated carbocycles. The van der Waals surface area contributed by atoms with Crippen molar-refractivity contribution in [2.24, 2.45) is 5.92 Å². The number of hydrogen-bond donors (Lipinski definition) is 1. The lowest BCUT2D eigenvalue weighted by molar-refractivity contribution is 0.312. The highest BCUT2D eigenvalue weighted by molar-refractivity contribution is 5.85. The number of nitrogens with one attached hydrogen (secondary N) is 1. The zero-order valence-corrected chi connectivity index (χ0v) is 16.5. The molecule has 1 heterocycles. The van der Waals surface area contributed by atoms with Gasteiger partial charge in [0.25, 0.3) is 0 Å². The summed E-state index contributed by atoms with van der Waals surface area (Å²) in [5.41, 5.74) is 5.29. The van der Waals surface area contributed by atoms with Crippen LogP contribution in [0.1, 0.15) is 63.4 Å². The molecule has 140 valence electrons. The molecule has 4 rings (SSSR count). The smallest absolute Gasteiger partial charge is 0.0464 e. The summed E-state index contributed by atoms with van der Waals surface area (Å²) in [6.07, 6.45) is 14.0. The van der Waals surface area contributed by atoms with E-state index in [0.717, 1.165) is 11.8 Å². The SMILES string of the molecule is CC/C=C\CCC1CCC(c2cccc(-c3cc4ccccc4[nH]3)c2)CC1. The monoisotopic (exact) mass is 357 g/mol. The number of H-pyrrole nitrogens is 1. The van der Waals surface area contributed by atoms with Gasteiger partial charge in [0.15, 0.2) is 0 Å². The zero-order chi connectivity index (χ0) is 18.5. The van der Waals surface area contributed by atoms with Crippen molar-refractivity contribution in [2.75, 3.05) is 0 Å². The minimum Gasteiger partial charge on any atom is -0.355 e. The molecule has 0 bridgehead atoms. The summed E-state index contributed by atoms with van der Waals surface area (Å²) in [6, 6.07) is 20.0. The molecule has 3 aromatic rings. The van der Waals surface area contributed by atoms with Crippen molar-refractivity contribution in [3.05, 3.63) is 72.3 Å². The molecule has 0 unspecified atom stereocenters. The Morgan fingerprint density at radius 1 is 0.926 bits per heavy atom. The Morgan fingerprint density at radius 3 is 2.59 bits per heavy atom. The fourth-order valence-electron chi connectivity index (χ4n) is 4.59. The average Bonchev–Trinajstić information content (AvgIpc) is 3.16. The Morgan fingerprint density at radius 2 is 1.78 bits per heavy atom. The second-order valence-corrected chi connectivity index (χ2v) is 8.07. The van der Waals surface area contributed by atoms with E-state index >= 15 is 0 Å². The summed E-state index contributed by atoms with van der Waals surface area (Å²) in [4.78, 5) is 3.58. The number of hydrogen-bond acceptors (Lipinski definition) is 0. The predicted molar refractivity (Wildman–Crippen MR) is 117 cm³/mol. The Kier molecular flexibility index (Phi) is 5.77. The van der Waals surface area contributed by atoms with E-state index in [-0.39, 0.29) is 0 Å². The second kappa shape index (κ2) is 8.61. The van der Waals surface area contributed by atoms with Gasteiger partial charge in [-0.25, -0.2) is 0 Å². The molecule has 0 saturated heterocycles. The van der Waals surface area contributed by atoms with Gasteiger partial charge in [0.1, 0.15) is 0 Å². The summed E-state index contributed by atoms with van der Waals surface area (Å²) in [5, 5.41) is 1.29. The van der Waals surface area contributed by atoms with Crippen LogP contribution in [0.3, 0.4) is 0 Å². The highest BCUT2D eigenvalue weighted by atomic mass is 14.7. The minimum atomic E-state index is 0.733. The normalized spacial score (nSPS) is 20.5. The molecule has 0 atom stereocenters. The molecule has 1 aromatic heterocycles. The van der Waals surface area contributed by atoms with Crippen molar-refractivity contribution < 1.29 is 0 Å². The molecule has 0 spiro atoms. The van der Waals surface area contributed by atoms with Crippen molar-refractivity contribution in [1.29, 1.82) is 0 Å². The van der Waals surface area contributed by atoms with Gasteiger partial charge in [0.05, 0.1) is 0 Å². The quantitative estimate of drug-likeness (QED) is 0.432. The fraction of sp³-hybridized carbons (Fsp3) is 0.385. The molecule has 1 N–H and O–H groups in total. The van der Waals surface area contributed by atoms with Gasteiger partial charge in [-0.3, -0.25) is 0 Å². The molecular weight excluding hydrogens is 326 g/mol. The first-order valence-corrected chi connectivity index (χ1v) is 10.7. The van der Waals surface area contributed by atoms with E-state index in [9.17, 15) is 0 Å². The van der Waals surface area contributed by atoms with Crippen LogP contribution in [0.4, 0.5) is 0 Å². The summed E-state index contributed by atoms with van der Waals surface area (Å²) in [5.74, 6) is 1.66. The molecule has 27 heavy (non-hydrogen) atoms. The third kappa shape index (κ3) is 4.35. The number of para-hydroxylation sites is 1. The number of benzene rings is 2. The lowest BCUT2D eigenvalue weighted by atomic mass is 9.77. The van der Waals surface area contributed by atoms with Crippen molar-refractivity contribution in [3.63, 3.8) is 0 Å². The number of aromatic nitrogens is 1. The van der Waals surface area contributed by atoms with E-state index in [4.69, 9.17) is 0 Å². The molecule has 0 radical (unpaired) electrons. The van der Waals surface area contributed by atoms with Crippen LogP contribution in [0, 0.1) is 5.92 Å². The number of allylic oxidation sites excluding steroid dienone is 2. The van der Waals surface area contributed by atoms with E-state index in [1.165, 1.54) is 72.7 Å². The maximum atomic E-state index is 3.58. The third-order valence-electron chi connectivity index (χ3n) is 6.19. The van der Waals surface area contributed by atoms with Gasteiger partial charge in [-0.15, -0.1) is 0 Å². The summed E-state index contributed by atoms with van der Waals surface area (Å²) in [6.45, 7) is 2.21. The Hall–Kier alpha value is -2.28. The van der Waals surface area contributed by atoms with Crippen LogP contribution in [0.15, 0.2) is 66.7 Å². The van der Waals surface area contributed by atoms with Crippen LogP contribution >= 0.6 is 0 Å². The van der Waals surface area contributed by atoms with Crippen molar-refractivity contribution in [2.45, 2.75) is 57.8 Å². The molecule has 1 nitrogen and oxygen atoms in total. The Balaban J connectivity index is 1.42. The zero-order valence-electron chi connectivity index (χ0n) is 16.5. The lowest BCUT2D eigenvalue weighted by Crippen LogP contribution is -2.13. The lowest BCUT2D eigenvalue weighted by Gasteiger charge is -2.29. The first-order valence-electron chi connectivity index (χ1n) is 10.7. The van der Waals surface area contributed by atoms with Gasteiger partial charge in [-0.2, -0.15) is 0 Å². The van der Waals surface area contributed by atoms with E-state index < -0.39 is 0 Å². The molecular formula is C26H31N. The number of aromatic amines is 1. The van der Waals surface area contributed by atoms with Crippen LogP contribution < -0.4 is 0 Å². The first-order chi connectivity index (χ1) is 13.3. The molecule has 1 aliphatic rings. The molecule has 1 aliphatic carbocycles. The van der Waals surface area contributed by atoms with Crippen LogP contribution in [-0.2, 0) is 0 Å².